The van der Waals surface area contributed by atoms with Crippen LogP contribution in [0.1, 0.15) is 6.92 Å². The number of rotatable bonds is 5. The normalized spacial score (nSPS) is 21.1. The molecule has 0 bridgehead atoms. The second-order valence-corrected chi connectivity index (χ2v) is 3.44. The van der Waals surface area contributed by atoms with Gasteiger partial charge >= 0.3 is 0 Å². The Hall–Kier alpha value is -0.390. The van der Waals surface area contributed by atoms with Crippen molar-refractivity contribution in [2.24, 2.45) is 5.10 Å². The SMILES string of the molecule is CCOCCON1C=CC(Br)C=N1. The van der Waals surface area contributed by atoms with Gasteiger partial charge in [0.05, 0.1) is 17.6 Å². The van der Waals surface area contributed by atoms with Gasteiger partial charge in [-0.25, -0.2) is 0 Å². The monoisotopic (exact) mass is 248 g/mol. The Morgan fingerprint density at radius 1 is 1.54 bits per heavy atom. The molecule has 1 aliphatic rings. The molecule has 0 saturated heterocycles. The van der Waals surface area contributed by atoms with Crippen LogP contribution in [0.3, 0.4) is 0 Å². The fraction of sp³-hybridized carbons (Fsp3) is 0.625. The topological polar surface area (TPSA) is 34.1 Å². The first-order chi connectivity index (χ1) is 6.33. The van der Waals surface area contributed by atoms with Crippen molar-refractivity contribution in [3.05, 3.63) is 12.3 Å². The molecule has 13 heavy (non-hydrogen) atoms. The van der Waals surface area contributed by atoms with Crippen LogP contribution in [0.25, 0.3) is 0 Å². The van der Waals surface area contributed by atoms with Crippen molar-refractivity contribution in [3.8, 4) is 0 Å². The first-order valence-electron chi connectivity index (χ1n) is 4.19. The molecule has 0 aliphatic carbocycles. The smallest absolute Gasteiger partial charge is 0.100 e. The van der Waals surface area contributed by atoms with E-state index in [1.165, 1.54) is 5.17 Å². The molecule has 0 fully saturated rings. The summed E-state index contributed by atoms with van der Waals surface area (Å²) in [5.74, 6) is 0. The van der Waals surface area contributed by atoms with Gasteiger partial charge in [-0.05, 0) is 13.0 Å². The van der Waals surface area contributed by atoms with Crippen molar-refractivity contribution in [1.29, 1.82) is 0 Å². The Labute approximate surface area is 86.3 Å². The van der Waals surface area contributed by atoms with Gasteiger partial charge < -0.3 is 4.74 Å². The molecule has 74 valence electrons. The zero-order valence-electron chi connectivity index (χ0n) is 7.52. The highest BCUT2D eigenvalue weighted by Gasteiger charge is 2.04. The van der Waals surface area contributed by atoms with E-state index in [2.05, 4.69) is 21.0 Å². The van der Waals surface area contributed by atoms with E-state index < -0.39 is 0 Å². The molecule has 1 heterocycles. The van der Waals surface area contributed by atoms with Crippen LogP contribution < -0.4 is 0 Å². The number of hydrogen-bond acceptors (Lipinski definition) is 4. The summed E-state index contributed by atoms with van der Waals surface area (Å²) in [4.78, 5) is 5.44. The third-order valence-electron chi connectivity index (χ3n) is 1.38. The van der Waals surface area contributed by atoms with E-state index in [0.717, 1.165) is 0 Å². The van der Waals surface area contributed by atoms with Gasteiger partial charge in [0.2, 0.25) is 0 Å². The first-order valence-corrected chi connectivity index (χ1v) is 5.11. The molecule has 0 spiro atoms. The van der Waals surface area contributed by atoms with Crippen LogP contribution in [-0.4, -0.2) is 36.0 Å². The molecule has 1 unspecified atom stereocenters. The zero-order valence-corrected chi connectivity index (χ0v) is 9.11. The second kappa shape index (κ2) is 6.12. The van der Waals surface area contributed by atoms with Crippen LogP contribution in [0.2, 0.25) is 0 Å². The summed E-state index contributed by atoms with van der Waals surface area (Å²) in [5, 5.41) is 5.43. The summed E-state index contributed by atoms with van der Waals surface area (Å²) >= 11 is 3.37. The molecule has 1 aliphatic heterocycles. The molecule has 0 aromatic rings. The van der Waals surface area contributed by atoms with Gasteiger partial charge in [-0.1, -0.05) is 15.9 Å². The molecule has 0 amide bonds. The van der Waals surface area contributed by atoms with E-state index in [0.29, 0.717) is 19.8 Å². The number of alkyl halides is 1. The van der Waals surface area contributed by atoms with Crippen LogP contribution in [0.5, 0.6) is 0 Å². The Morgan fingerprint density at radius 3 is 3.00 bits per heavy atom. The van der Waals surface area contributed by atoms with Crippen molar-refractivity contribution in [1.82, 2.24) is 5.17 Å². The number of ether oxygens (including phenoxy) is 1. The lowest BCUT2D eigenvalue weighted by Gasteiger charge is -2.16. The van der Waals surface area contributed by atoms with Crippen molar-refractivity contribution in [2.45, 2.75) is 11.8 Å². The van der Waals surface area contributed by atoms with Crippen LogP contribution >= 0.6 is 15.9 Å². The van der Waals surface area contributed by atoms with Crippen molar-refractivity contribution < 1.29 is 9.57 Å². The van der Waals surface area contributed by atoms with Crippen LogP contribution in [0.4, 0.5) is 0 Å². The molecule has 4 nitrogen and oxygen atoms in total. The molecule has 0 radical (unpaired) electrons. The maximum Gasteiger partial charge on any atom is 0.100 e. The highest BCUT2D eigenvalue weighted by molar-refractivity contribution is 9.10. The van der Waals surface area contributed by atoms with Gasteiger partial charge in [-0.2, -0.15) is 5.10 Å². The fourth-order valence-electron chi connectivity index (χ4n) is 0.784. The van der Waals surface area contributed by atoms with Crippen LogP contribution in [0, 0.1) is 0 Å². The molecule has 5 heteroatoms. The predicted molar refractivity (Wildman–Crippen MR) is 54.6 cm³/mol. The summed E-state index contributed by atoms with van der Waals surface area (Å²) in [7, 11) is 0. The Balaban J connectivity index is 2.09. The number of allylic oxidation sites excluding steroid dienone is 1. The zero-order chi connectivity index (χ0) is 9.52. The highest BCUT2D eigenvalue weighted by atomic mass is 79.9. The molecule has 1 atom stereocenters. The standard InChI is InChI=1S/C8H13BrN2O2/c1-2-12-5-6-13-11-4-3-8(9)7-10-11/h3-4,7-8H,2,5-6H2,1H3. The Kier molecular flexibility index (Phi) is 5.03. The average molecular weight is 249 g/mol. The number of hydroxylamine groups is 1. The molecule has 0 saturated carbocycles. The highest BCUT2D eigenvalue weighted by Crippen LogP contribution is 2.06. The quantitative estimate of drug-likeness (QED) is 0.547. The summed E-state index contributed by atoms with van der Waals surface area (Å²) < 4.78 is 5.11. The van der Waals surface area contributed by atoms with Gasteiger partial charge in [0.15, 0.2) is 0 Å². The molecular weight excluding hydrogens is 236 g/mol. The third kappa shape index (κ3) is 4.40. The average Bonchev–Trinajstić information content (AvgIpc) is 2.15. The summed E-state index contributed by atoms with van der Waals surface area (Å²) in [6.45, 7) is 3.77. The van der Waals surface area contributed by atoms with Crippen molar-refractivity contribution in [2.75, 3.05) is 19.8 Å². The van der Waals surface area contributed by atoms with Crippen LogP contribution in [-0.2, 0) is 9.57 Å². The van der Waals surface area contributed by atoms with Gasteiger partial charge in [0.25, 0.3) is 0 Å². The lowest BCUT2D eigenvalue weighted by Crippen LogP contribution is -2.19. The largest absolute Gasteiger partial charge is 0.379 e. The molecule has 1 rings (SSSR count). The fourth-order valence-corrected chi connectivity index (χ4v) is 1.03. The van der Waals surface area contributed by atoms with E-state index in [1.807, 2.05) is 13.0 Å². The summed E-state index contributed by atoms with van der Waals surface area (Å²) in [5.41, 5.74) is 0. The maximum atomic E-state index is 5.24. The number of nitrogens with zero attached hydrogens (tertiary/aromatic N) is 2. The maximum absolute atomic E-state index is 5.24. The molecule has 0 N–H and O–H groups in total. The van der Waals surface area contributed by atoms with E-state index >= 15 is 0 Å². The van der Waals surface area contributed by atoms with Crippen molar-refractivity contribution in [3.63, 3.8) is 0 Å². The minimum atomic E-state index is 0.208. The molecule has 0 aromatic carbocycles. The number of hydrogen-bond donors (Lipinski definition) is 0. The third-order valence-corrected chi connectivity index (χ3v) is 1.92. The van der Waals surface area contributed by atoms with Gasteiger partial charge in [0.1, 0.15) is 6.61 Å². The number of halogens is 1. The van der Waals surface area contributed by atoms with E-state index in [1.54, 1.807) is 12.4 Å². The van der Waals surface area contributed by atoms with Gasteiger partial charge in [-0.15, -0.1) is 5.17 Å². The van der Waals surface area contributed by atoms with E-state index in [4.69, 9.17) is 9.57 Å². The van der Waals surface area contributed by atoms with E-state index in [9.17, 15) is 0 Å². The first kappa shape index (κ1) is 10.7. The lowest BCUT2D eigenvalue weighted by atomic mass is 10.4. The van der Waals surface area contributed by atoms with Gasteiger partial charge in [0, 0.05) is 12.8 Å². The van der Waals surface area contributed by atoms with Gasteiger partial charge in [-0.3, -0.25) is 4.84 Å². The lowest BCUT2D eigenvalue weighted by molar-refractivity contribution is -0.134. The molecule has 0 aromatic heterocycles. The summed E-state index contributed by atoms with van der Waals surface area (Å²) in [6, 6.07) is 0. The van der Waals surface area contributed by atoms with E-state index in [-0.39, 0.29) is 4.83 Å². The second-order valence-electron chi connectivity index (χ2n) is 2.38. The summed E-state index contributed by atoms with van der Waals surface area (Å²) in [6.07, 6.45) is 5.46. The minimum absolute atomic E-state index is 0.208. The van der Waals surface area contributed by atoms with Crippen molar-refractivity contribution >= 4 is 22.1 Å². The minimum Gasteiger partial charge on any atom is -0.379 e. The number of hydrazone groups is 1. The predicted octanol–water partition coefficient (Wildman–Crippen LogP) is 1.53. The van der Waals surface area contributed by atoms with Crippen LogP contribution in [0.15, 0.2) is 17.4 Å². The Morgan fingerprint density at radius 2 is 2.38 bits per heavy atom. The molecular formula is C8H13BrN2O2. The Bertz CT molecular complexity index is 183.